The number of halogens is 3. The lowest BCUT2D eigenvalue weighted by Gasteiger charge is -2.37. The molecule has 2 fully saturated rings. The summed E-state index contributed by atoms with van der Waals surface area (Å²) >= 11 is 5.70. The maximum Gasteiger partial charge on any atom is 0.221 e. The maximum absolute atomic E-state index is 14.2. The van der Waals surface area contributed by atoms with Crippen molar-refractivity contribution in [3.8, 4) is 6.07 Å². The second-order valence-corrected chi connectivity index (χ2v) is 8.63. The lowest BCUT2D eigenvalue weighted by molar-refractivity contribution is -0.122. The summed E-state index contributed by atoms with van der Waals surface area (Å²) in [6.45, 7) is 4.10. The van der Waals surface area contributed by atoms with Gasteiger partial charge in [-0.2, -0.15) is 5.26 Å². The minimum absolute atomic E-state index is 0.0169. The number of hydrogen-bond donors (Lipinski definition) is 1. The Labute approximate surface area is 182 Å². The number of nitrogens with zero attached hydrogens (tertiary/aromatic N) is 3. The van der Waals surface area contributed by atoms with Crippen LogP contribution in [0.3, 0.4) is 0 Å². The van der Waals surface area contributed by atoms with E-state index in [4.69, 9.17) is 16.9 Å². The van der Waals surface area contributed by atoms with Crippen molar-refractivity contribution in [1.29, 1.82) is 5.26 Å². The molecule has 0 spiro atoms. The van der Waals surface area contributed by atoms with Crippen molar-refractivity contribution >= 4 is 23.2 Å². The normalized spacial score (nSPS) is 22.5. The first kappa shape index (κ1) is 22.8. The third kappa shape index (κ3) is 6.05. The number of nitrogens with one attached hydrogen (secondary N) is 1. The number of carbonyl (C=O) groups is 1. The van der Waals surface area contributed by atoms with Crippen LogP contribution < -0.4 is 10.2 Å². The minimum Gasteiger partial charge on any atom is -0.367 e. The van der Waals surface area contributed by atoms with Crippen molar-refractivity contribution in [2.75, 3.05) is 37.6 Å². The Hall–Kier alpha value is -1.91. The molecule has 3 rings (SSSR count). The van der Waals surface area contributed by atoms with E-state index in [0.717, 1.165) is 51.7 Å². The first-order valence-corrected chi connectivity index (χ1v) is 11.1. The molecular weight excluding hydrogens is 410 g/mol. The van der Waals surface area contributed by atoms with Crippen LogP contribution in [0.5, 0.6) is 0 Å². The van der Waals surface area contributed by atoms with E-state index in [0.29, 0.717) is 24.7 Å². The molecule has 5 nitrogen and oxygen atoms in total. The fourth-order valence-electron chi connectivity index (χ4n) is 4.40. The third-order valence-corrected chi connectivity index (χ3v) is 6.60. The largest absolute Gasteiger partial charge is 0.367 e. The summed E-state index contributed by atoms with van der Waals surface area (Å²) in [5.74, 6) is -0.755. The molecule has 1 aromatic carbocycles. The van der Waals surface area contributed by atoms with Gasteiger partial charge in [0.2, 0.25) is 5.91 Å². The lowest BCUT2D eigenvalue weighted by Crippen LogP contribution is -2.47. The quantitative estimate of drug-likeness (QED) is 0.651. The third-order valence-electron chi connectivity index (χ3n) is 6.26. The van der Waals surface area contributed by atoms with Gasteiger partial charge in [0.15, 0.2) is 5.82 Å². The first-order chi connectivity index (χ1) is 14.5. The van der Waals surface area contributed by atoms with Gasteiger partial charge in [0, 0.05) is 45.1 Å². The molecule has 0 unspecified atom stereocenters. The van der Waals surface area contributed by atoms with Crippen molar-refractivity contribution in [2.45, 2.75) is 51.0 Å². The van der Waals surface area contributed by atoms with Gasteiger partial charge in [-0.25, -0.2) is 8.78 Å². The summed E-state index contributed by atoms with van der Waals surface area (Å²) < 4.78 is 27.6. The molecule has 1 heterocycles. The van der Waals surface area contributed by atoms with Gasteiger partial charge in [0.25, 0.3) is 0 Å². The zero-order valence-electron chi connectivity index (χ0n) is 17.2. The van der Waals surface area contributed by atoms with Gasteiger partial charge in [-0.15, -0.1) is 0 Å². The summed E-state index contributed by atoms with van der Waals surface area (Å²) in [5.41, 5.74) is 0.371. The number of carbonyl (C=O) groups excluding carboxylic acids is 1. The van der Waals surface area contributed by atoms with E-state index in [9.17, 15) is 13.6 Å². The highest BCUT2D eigenvalue weighted by Gasteiger charge is 2.25. The van der Waals surface area contributed by atoms with E-state index >= 15 is 0 Å². The molecule has 1 aromatic rings. The molecule has 1 saturated heterocycles. The molecule has 0 bridgehead atoms. The van der Waals surface area contributed by atoms with Crippen molar-refractivity contribution in [3.63, 3.8) is 0 Å². The van der Waals surface area contributed by atoms with E-state index < -0.39 is 16.7 Å². The van der Waals surface area contributed by atoms with Crippen LogP contribution >= 0.6 is 11.6 Å². The number of rotatable bonds is 7. The zero-order valence-corrected chi connectivity index (χ0v) is 17.9. The Bertz CT molecular complexity index is 769. The number of hydrogen-bond acceptors (Lipinski definition) is 4. The van der Waals surface area contributed by atoms with Crippen LogP contribution in [0.2, 0.25) is 5.02 Å². The van der Waals surface area contributed by atoms with Crippen LogP contribution in [-0.4, -0.2) is 49.6 Å². The number of anilines is 1. The Kier molecular flexibility index (Phi) is 8.29. The number of piperazine rings is 1. The van der Waals surface area contributed by atoms with Crippen molar-refractivity contribution < 1.29 is 13.6 Å². The molecule has 1 N–H and O–H groups in total. The Morgan fingerprint density at radius 3 is 2.53 bits per heavy atom. The van der Waals surface area contributed by atoms with E-state index in [1.807, 2.05) is 11.0 Å². The monoisotopic (exact) mass is 438 g/mol. The SMILES string of the molecule is N#CCCC(=O)NC1CCC(CCN2CCN(c3ccc(F)c(Cl)c3F)CC2)CC1. The van der Waals surface area contributed by atoms with Gasteiger partial charge in [-0.3, -0.25) is 9.69 Å². The fourth-order valence-corrected chi connectivity index (χ4v) is 4.56. The molecule has 1 aliphatic heterocycles. The van der Waals surface area contributed by atoms with Crippen molar-refractivity contribution in [3.05, 3.63) is 28.8 Å². The number of nitriles is 1. The zero-order chi connectivity index (χ0) is 21.5. The molecule has 0 aromatic heterocycles. The van der Waals surface area contributed by atoms with Gasteiger partial charge >= 0.3 is 0 Å². The molecule has 2 aliphatic rings. The first-order valence-electron chi connectivity index (χ1n) is 10.7. The summed E-state index contributed by atoms with van der Waals surface area (Å²) in [6.07, 6.45) is 5.92. The average molecular weight is 439 g/mol. The number of amides is 1. The van der Waals surface area contributed by atoms with E-state index in [1.54, 1.807) is 0 Å². The Morgan fingerprint density at radius 2 is 1.87 bits per heavy atom. The second-order valence-electron chi connectivity index (χ2n) is 8.26. The fraction of sp³-hybridized carbons (Fsp3) is 0.636. The van der Waals surface area contributed by atoms with Gasteiger partial charge < -0.3 is 10.2 Å². The minimum atomic E-state index is -0.729. The van der Waals surface area contributed by atoms with Crippen LogP contribution in [0.4, 0.5) is 14.5 Å². The van der Waals surface area contributed by atoms with Crippen LogP contribution in [-0.2, 0) is 4.79 Å². The van der Waals surface area contributed by atoms with Gasteiger partial charge in [-0.1, -0.05) is 11.6 Å². The average Bonchev–Trinajstić information content (AvgIpc) is 2.76. The molecule has 164 valence electrons. The van der Waals surface area contributed by atoms with Gasteiger partial charge in [0.05, 0.1) is 11.8 Å². The standard InChI is InChI=1S/C22H29ClF2N4O/c23-21-18(24)7-8-19(22(21)25)29-14-12-28(13-15-29)11-9-16-3-5-17(6-4-16)27-20(30)2-1-10-26/h7-8,16-17H,1-6,9,11-15H2,(H,27,30). The Morgan fingerprint density at radius 1 is 1.17 bits per heavy atom. The van der Waals surface area contributed by atoms with Crippen LogP contribution in [0.15, 0.2) is 12.1 Å². The van der Waals surface area contributed by atoms with E-state index in [1.165, 1.54) is 12.1 Å². The predicted octanol–water partition coefficient (Wildman–Crippen LogP) is 4.11. The smallest absolute Gasteiger partial charge is 0.221 e. The van der Waals surface area contributed by atoms with Gasteiger partial charge in [-0.05, 0) is 56.7 Å². The van der Waals surface area contributed by atoms with E-state index in [2.05, 4.69) is 10.2 Å². The molecule has 1 aliphatic carbocycles. The summed E-state index contributed by atoms with van der Waals surface area (Å²) in [7, 11) is 0. The Balaban J connectivity index is 1.35. The van der Waals surface area contributed by atoms with Crippen molar-refractivity contribution in [2.24, 2.45) is 5.92 Å². The summed E-state index contributed by atoms with van der Waals surface area (Å²) in [4.78, 5) is 16.1. The number of benzene rings is 1. The predicted molar refractivity (Wildman–Crippen MR) is 113 cm³/mol. The lowest BCUT2D eigenvalue weighted by atomic mass is 9.84. The molecule has 0 atom stereocenters. The molecule has 0 radical (unpaired) electrons. The summed E-state index contributed by atoms with van der Waals surface area (Å²) in [5, 5.41) is 11.2. The van der Waals surface area contributed by atoms with Crippen LogP contribution in [0.25, 0.3) is 0 Å². The highest BCUT2D eigenvalue weighted by atomic mass is 35.5. The van der Waals surface area contributed by atoms with Gasteiger partial charge in [0.1, 0.15) is 10.8 Å². The summed E-state index contributed by atoms with van der Waals surface area (Å²) in [6, 6.07) is 4.93. The molecule has 1 saturated carbocycles. The highest BCUT2D eigenvalue weighted by Crippen LogP contribution is 2.30. The molecular formula is C22H29ClF2N4O. The topological polar surface area (TPSA) is 59.4 Å². The van der Waals surface area contributed by atoms with Crippen molar-refractivity contribution in [1.82, 2.24) is 10.2 Å². The maximum atomic E-state index is 14.2. The highest BCUT2D eigenvalue weighted by molar-refractivity contribution is 6.31. The van der Waals surface area contributed by atoms with E-state index in [-0.39, 0.29) is 24.8 Å². The van der Waals surface area contributed by atoms with Crippen LogP contribution in [0.1, 0.15) is 44.9 Å². The molecule has 30 heavy (non-hydrogen) atoms. The second kappa shape index (κ2) is 10.9. The molecule has 8 heteroatoms. The molecule has 1 amide bonds. The van der Waals surface area contributed by atoms with Crippen LogP contribution in [0, 0.1) is 28.9 Å².